The van der Waals surface area contributed by atoms with Crippen molar-refractivity contribution < 1.29 is 27.8 Å². The first kappa shape index (κ1) is 25.9. The maximum atomic E-state index is 16.9. The fourth-order valence-electron chi connectivity index (χ4n) is 6.93. The lowest BCUT2D eigenvalue weighted by Crippen LogP contribution is -2.55. The van der Waals surface area contributed by atoms with E-state index in [1.807, 2.05) is 6.07 Å². The van der Waals surface area contributed by atoms with E-state index in [-0.39, 0.29) is 70.4 Å². The number of rotatable bonds is 5. The van der Waals surface area contributed by atoms with E-state index in [1.165, 1.54) is 19.2 Å². The second kappa shape index (κ2) is 9.51. The number of piperazine rings is 1. The predicted molar refractivity (Wildman–Crippen MR) is 146 cm³/mol. The molecule has 3 unspecified atom stereocenters. The molecule has 212 valence electrons. The zero-order valence-corrected chi connectivity index (χ0v) is 22.6. The first-order valence-electron chi connectivity index (χ1n) is 13.6. The molecule has 3 aliphatic heterocycles. The number of aliphatic hydroxyl groups is 1. The van der Waals surface area contributed by atoms with E-state index in [1.54, 1.807) is 6.92 Å². The molecule has 0 radical (unpaired) electrons. The standard InChI is InChI=1S/C29H28F2N6O4/c1-13(38)8-36-9-14-3-4-15(10-36)37(14)28-23-18-12-40-11-17(18)22(25(31)26(23)34-29(35-28)39-2)24-19(30)5-6-20-21(24)16(7-32)27(33)41-20/h5-6,13-15,38H,3-4,8-12,33H2,1-2H3. The van der Waals surface area contributed by atoms with Crippen molar-refractivity contribution in [2.45, 2.75) is 51.2 Å². The Hall–Kier alpha value is -4.05. The number of nitrogens with two attached hydrogens (primary N) is 1. The monoisotopic (exact) mass is 562 g/mol. The average Bonchev–Trinajstić information content (AvgIpc) is 3.62. The number of nitriles is 1. The molecule has 2 saturated heterocycles. The summed E-state index contributed by atoms with van der Waals surface area (Å²) in [6, 6.07) is 4.72. The highest BCUT2D eigenvalue weighted by Gasteiger charge is 2.43. The van der Waals surface area contributed by atoms with Crippen molar-refractivity contribution in [1.29, 1.82) is 5.26 Å². The molecule has 7 rings (SSSR count). The zero-order valence-electron chi connectivity index (χ0n) is 22.6. The van der Waals surface area contributed by atoms with Crippen LogP contribution in [0.3, 0.4) is 0 Å². The summed E-state index contributed by atoms with van der Waals surface area (Å²) < 4.78 is 49.3. The van der Waals surface area contributed by atoms with Gasteiger partial charge in [0.1, 0.15) is 34.4 Å². The van der Waals surface area contributed by atoms with Gasteiger partial charge in [0.05, 0.1) is 37.2 Å². The lowest BCUT2D eigenvalue weighted by Gasteiger charge is -2.42. The fraction of sp³-hybridized carbons (Fsp3) is 0.414. The van der Waals surface area contributed by atoms with Gasteiger partial charge in [-0.15, -0.1) is 0 Å². The van der Waals surface area contributed by atoms with Crippen molar-refractivity contribution >= 4 is 33.6 Å². The van der Waals surface area contributed by atoms with Gasteiger partial charge in [-0.3, -0.25) is 4.90 Å². The molecule has 10 nitrogen and oxygen atoms in total. The largest absolute Gasteiger partial charge is 0.467 e. The van der Waals surface area contributed by atoms with Crippen molar-refractivity contribution in [3.8, 4) is 23.2 Å². The van der Waals surface area contributed by atoms with Gasteiger partial charge in [-0.2, -0.15) is 15.2 Å². The van der Waals surface area contributed by atoms with Crippen molar-refractivity contribution in [3.05, 3.63) is 40.5 Å². The lowest BCUT2D eigenvalue weighted by atomic mass is 9.90. The summed E-state index contributed by atoms with van der Waals surface area (Å²) in [5, 5.41) is 20.4. The Balaban J connectivity index is 1.49. The number of hydrogen-bond donors (Lipinski definition) is 2. The lowest BCUT2D eigenvalue weighted by molar-refractivity contribution is 0.111. The highest BCUT2D eigenvalue weighted by molar-refractivity contribution is 6.05. The number of hydrogen-bond acceptors (Lipinski definition) is 10. The predicted octanol–water partition coefficient (Wildman–Crippen LogP) is 3.85. The summed E-state index contributed by atoms with van der Waals surface area (Å²) in [6.07, 6.45) is 1.42. The number of β-amino-alcohol motifs (C(OH)–C–C–N with tert-alkyl or cyclic N) is 1. The number of anilines is 2. The first-order chi connectivity index (χ1) is 19.8. The molecule has 3 atom stereocenters. The van der Waals surface area contributed by atoms with Gasteiger partial charge in [-0.25, -0.2) is 8.78 Å². The van der Waals surface area contributed by atoms with Crippen LogP contribution in [0.2, 0.25) is 0 Å². The van der Waals surface area contributed by atoms with Crippen LogP contribution in [0.15, 0.2) is 16.5 Å². The van der Waals surface area contributed by atoms with Gasteiger partial charge in [0, 0.05) is 42.8 Å². The number of nitrogens with zero attached hydrogens (tertiary/aromatic N) is 5. The Bertz CT molecular complexity index is 1750. The minimum absolute atomic E-state index is 0.00836. The van der Waals surface area contributed by atoms with Gasteiger partial charge in [-0.05, 0) is 43.0 Å². The number of fused-ring (bicyclic) bond motifs is 6. The topological polar surface area (TPSA) is 134 Å². The van der Waals surface area contributed by atoms with Gasteiger partial charge in [0.15, 0.2) is 5.82 Å². The van der Waals surface area contributed by atoms with Crippen LogP contribution in [0.1, 0.15) is 36.5 Å². The fourth-order valence-corrected chi connectivity index (χ4v) is 6.93. The number of likely N-dealkylation sites (tertiary alicyclic amines) is 1. The average molecular weight is 563 g/mol. The molecule has 0 aliphatic carbocycles. The molecule has 0 amide bonds. The molecule has 12 heteroatoms. The molecule has 3 N–H and O–H groups in total. The number of nitrogen functional groups attached to an aromatic ring is 1. The van der Waals surface area contributed by atoms with Crippen molar-refractivity contribution in [2.75, 3.05) is 37.4 Å². The number of methoxy groups -OCH3 is 1. The molecule has 4 aromatic rings. The number of aliphatic hydroxyl groups excluding tert-OH is 1. The second-order valence-corrected chi connectivity index (χ2v) is 11.0. The third kappa shape index (κ3) is 3.83. The van der Waals surface area contributed by atoms with Gasteiger partial charge in [-0.1, -0.05) is 0 Å². The first-order valence-corrected chi connectivity index (χ1v) is 13.6. The minimum atomic E-state index is -0.763. The minimum Gasteiger partial charge on any atom is -0.467 e. The molecule has 5 heterocycles. The SMILES string of the molecule is COc1nc(N2C3CCC2CN(CC(C)O)C3)c2c3c(c(-c4c(F)ccc5oc(N)c(C#N)c45)c(F)c2n1)COC3. The summed E-state index contributed by atoms with van der Waals surface area (Å²) >= 11 is 0. The third-order valence-electron chi connectivity index (χ3n) is 8.46. The van der Waals surface area contributed by atoms with E-state index in [9.17, 15) is 10.4 Å². The quantitative estimate of drug-likeness (QED) is 0.369. The molecule has 3 aliphatic rings. The second-order valence-electron chi connectivity index (χ2n) is 11.0. The van der Waals surface area contributed by atoms with E-state index < -0.39 is 17.7 Å². The molecule has 2 aromatic heterocycles. The smallest absolute Gasteiger partial charge is 0.318 e. The Morgan fingerprint density at radius 2 is 1.88 bits per heavy atom. The summed E-state index contributed by atoms with van der Waals surface area (Å²) in [6.45, 7) is 4.04. The van der Waals surface area contributed by atoms with Gasteiger partial charge >= 0.3 is 6.01 Å². The summed E-state index contributed by atoms with van der Waals surface area (Å²) in [5.74, 6) is -1.09. The number of halogens is 2. The number of furan rings is 1. The van der Waals surface area contributed by atoms with E-state index >= 15 is 8.78 Å². The summed E-state index contributed by atoms with van der Waals surface area (Å²) in [7, 11) is 1.42. The van der Waals surface area contributed by atoms with E-state index in [2.05, 4.69) is 14.8 Å². The number of ether oxygens (including phenoxy) is 2. The van der Waals surface area contributed by atoms with Crippen LogP contribution in [0.5, 0.6) is 6.01 Å². The van der Waals surface area contributed by atoms with Gasteiger partial charge < -0.3 is 29.6 Å². The van der Waals surface area contributed by atoms with Crippen LogP contribution in [-0.4, -0.2) is 64.9 Å². The molecule has 0 saturated carbocycles. The van der Waals surface area contributed by atoms with Crippen molar-refractivity contribution in [1.82, 2.24) is 14.9 Å². The molecule has 0 spiro atoms. The molecule has 2 aromatic carbocycles. The molecule has 41 heavy (non-hydrogen) atoms. The Kier molecular flexibility index (Phi) is 6.01. The Morgan fingerprint density at radius 3 is 2.56 bits per heavy atom. The van der Waals surface area contributed by atoms with Crippen LogP contribution in [0, 0.1) is 23.0 Å². The normalized spacial score (nSPS) is 21.0. The highest BCUT2D eigenvalue weighted by atomic mass is 19.1. The van der Waals surface area contributed by atoms with Crippen LogP contribution >= 0.6 is 0 Å². The summed E-state index contributed by atoms with van der Waals surface area (Å²) in [4.78, 5) is 13.7. The van der Waals surface area contributed by atoms with Crippen LogP contribution in [0.25, 0.3) is 33.0 Å². The zero-order chi connectivity index (χ0) is 28.6. The molecular weight excluding hydrogens is 534 g/mol. The Morgan fingerprint density at radius 1 is 1.15 bits per heavy atom. The van der Waals surface area contributed by atoms with Crippen molar-refractivity contribution in [2.24, 2.45) is 0 Å². The number of aromatic nitrogens is 2. The molecule has 2 bridgehead atoms. The van der Waals surface area contributed by atoms with Gasteiger partial charge in [0.2, 0.25) is 5.88 Å². The number of benzene rings is 2. The third-order valence-corrected chi connectivity index (χ3v) is 8.46. The molecule has 2 fully saturated rings. The Labute approximate surface area is 233 Å². The summed E-state index contributed by atoms with van der Waals surface area (Å²) in [5.41, 5.74) is 7.01. The van der Waals surface area contributed by atoms with Crippen molar-refractivity contribution in [3.63, 3.8) is 0 Å². The van der Waals surface area contributed by atoms with E-state index in [4.69, 9.17) is 24.6 Å². The van der Waals surface area contributed by atoms with Crippen LogP contribution in [0.4, 0.5) is 20.5 Å². The maximum absolute atomic E-state index is 16.9. The van der Waals surface area contributed by atoms with E-state index in [0.29, 0.717) is 28.9 Å². The van der Waals surface area contributed by atoms with E-state index in [0.717, 1.165) is 25.9 Å². The highest BCUT2D eigenvalue weighted by Crippen LogP contribution is 2.48. The van der Waals surface area contributed by atoms with Gasteiger partial charge in [0.25, 0.3) is 0 Å². The maximum Gasteiger partial charge on any atom is 0.318 e. The van der Waals surface area contributed by atoms with Crippen LogP contribution in [-0.2, 0) is 18.0 Å². The molecular formula is C29H28F2N6O4. The van der Waals surface area contributed by atoms with Crippen LogP contribution < -0.4 is 15.4 Å².